The van der Waals surface area contributed by atoms with Crippen LogP contribution in [-0.2, 0) is 16.1 Å². The van der Waals surface area contributed by atoms with Crippen molar-refractivity contribution in [1.82, 2.24) is 4.90 Å². The maximum Gasteiger partial charge on any atom is 0.410 e. The number of carbonyl (C=O) groups is 2. The third kappa shape index (κ3) is 5.99. The molecule has 1 saturated heterocycles. The molecule has 0 aromatic heterocycles. The molecule has 4 heteroatoms. The van der Waals surface area contributed by atoms with Gasteiger partial charge in [-0.15, -0.1) is 0 Å². The van der Waals surface area contributed by atoms with Crippen LogP contribution in [0.15, 0.2) is 30.3 Å². The number of benzene rings is 1. The maximum absolute atomic E-state index is 12.4. The van der Waals surface area contributed by atoms with Gasteiger partial charge >= 0.3 is 6.09 Å². The van der Waals surface area contributed by atoms with E-state index in [-0.39, 0.29) is 24.5 Å². The van der Waals surface area contributed by atoms with Crippen molar-refractivity contribution in [2.75, 3.05) is 6.54 Å². The second kappa shape index (κ2) is 10.1. The molecule has 1 aromatic carbocycles. The summed E-state index contributed by atoms with van der Waals surface area (Å²) in [5.41, 5.74) is 0.982. The molecule has 1 heterocycles. The number of unbranched alkanes of at least 4 members (excludes halogenated alkanes) is 2. The van der Waals surface area contributed by atoms with Gasteiger partial charge in [-0.3, -0.25) is 4.79 Å². The highest BCUT2D eigenvalue weighted by Gasteiger charge is 2.29. The van der Waals surface area contributed by atoms with Gasteiger partial charge in [0, 0.05) is 25.4 Å². The number of likely N-dealkylation sites (tertiary alicyclic amines) is 1. The largest absolute Gasteiger partial charge is 0.445 e. The number of amides is 1. The van der Waals surface area contributed by atoms with Gasteiger partial charge < -0.3 is 9.64 Å². The van der Waals surface area contributed by atoms with Crippen LogP contribution in [0.5, 0.6) is 0 Å². The summed E-state index contributed by atoms with van der Waals surface area (Å²) in [6.07, 6.45) is 6.97. The number of nitrogens with zero attached hydrogens (tertiary/aromatic N) is 1. The van der Waals surface area contributed by atoms with Gasteiger partial charge in [-0.05, 0) is 31.2 Å². The van der Waals surface area contributed by atoms with Gasteiger partial charge in [-0.2, -0.15) is 0 Å². The van der Waals surface area contributed by atoms with E-state index in [0.29, 0.717) is 19.4 Å². The molecule has 0 bridgehead atoms. The summed E-state index contributed by atoms with van der Waals surface area (Å²) in [6.45, 7) is 3.12. The number of ketones is 1. The second-order valence-corrected chi connectivity index (χ2v) is 6.58. The third-order valence-electron chi connectivity index (χ3n) is 4.59. The minimum Gasteiger partial charge on any atom is -0.445 e. The monoisotopic (exact) mass is 331 g/mol. The number of ether oxygens (including phenoxy) is 1. The summed E-state index contributed by atoms with van der Waals surface area (Å²) in [7, 11) is 0. The van der Waals surface area contributed by atoms with Crippen molar-refractivity contribution in [2.24, 2.45) is 0 Å². The third-order valence-corrected chi connectivity index (χ3v) is 4.59. The van der Waals surface area contributed by atoms with E-state index in [0.717, 1.165) is 44.1 Å². The Morgan fingerprint density at radius 3 is 2.71 bits per heavy atom. The lowest BCUT2D eigenvalue weighted by Gasteiger charge is -2.34. The Morgan fingerprint density at radius 2 is 1.96 bits per heavy atom. The zero-order valence-corrected chi connectivity index (χ0v) is 14.7. The molecule has 1 aromatic rings. The van der Waals surface area contributed by atoms with Crippen LogP contribution in [0.2, 0.25) is 0 Å². The van der Waals surface area contributed by atoms with Gasteiger partial charge in [0.1, 0.15) is 12.4 Å². The molecule has 0 unspecified atom stereocenters. The van der Waals surface area contributed by atoms with E-state index in [1.807, 2.05) is 30.3 Å². The lowest BCUT2D eigenvalue weighted by Crippen LogP contribution is -2.45. The van der Waals surface area contributed by atoms with Crippen molar-refractivity contribution in [3.8, 4) is 0 Å². The van der Waals surface area contributed by atoms with Crippen LogP contribution in [-0.4, -0.2) is 29.4 Å². The van der Waals surface area contributed by atoms with Crippen molar-refractivity contribution in [2.45, 2.75) is 70.9 Å². The Kier molecular flexibility index (Phi) is 7.80. The van der Waals surface area contributed by atoms with Gasteiger partial charge in [0.05, 0.1) is 0 Å². The lowest BCUT2D eigenvalue weighted by molar-refractivity contribution is -0.120. The Morgan fingerprint density at radius 1 is 1.17 bits per heavy atom. The lowest BCUT2D eigenvalue weighted by atomic mass is 9.96. The molecule has 0 saturated carbocycles. The van der Waals surface area contributed by atoms with E-state index in [1.165, 1.54) is 0 Å². The van der Waals surface area contributed by atoms with Gasteiger partial charge in [0.25, 0.3) is 0 Å². The summed E-state index contributed by atoms with van der Waals surface area (Å²) in [4.78, 5) is 26.3. The molecule has 0 aliphatic carbocycles. The summed E-state index contributed by atoms with van der Waals surface area (Å²) in [6, 6.07) is 9.70. The molecule has 0 N–H and O–H groups in total. The molecule has 1 amide bonds. The highest BCUT2D eigenvalue weighted by molar-refractivity contribution is 5.79. The minimum absolute atomic E-state index is 0.0103. The zero-order valence-electron chi connectivity index (χ0n) is 14.7. The van der Waals surface area contributed by atoms with E-state index in [1.54, 1.807) is 4.90 Å². The topological polar surface area (TPSA) is 46.6 Å². The van der Waals surface area contributed by atoms with Gasteiger partial charge in [-0.1, -0.05) is 50.1 Å². The number of piperidine rings is 1. The number of hydrogen-bond acceptors (Lipinski definition) is 3. The van der Waals surface area contributed by atoms with E-state index < -0.39 is 0 Å². The molecule has 2 rings (SSSR count). The second-order valence-electron chi connectivity index (χ2n) is 6.58. The first-order valence-electron chi connectivity index (χ1n) is 9.19. The van der Waals surface area contributed by atoms with E-state index in [4.69, 9.17) is 4.74 Å². The highest BCUT2D eigenvalue weighted by Crippen LogP contribution is 2.22. The molecular weight excluding hydrogens is 302 g/mol. The smallest absolute Gasteiger partial charge is 0.410 e. The predicted molar refractivity (Wildman–Crippen MR) is 94.7 cm³/mol. The zero-order chi connectivity index (χ0) is 17.2. The molecule has 0 spiro atoms. The van der Waals surface area contributed by atoms with Crippen molar-refractivity contribution in [1.29, 1.82) is 0 Å². The fraction of sp³-hybridized carbons (Fsp3) is 0.600. The molecule has 1 aliphatic rings. The minimum atomic E-state index is -0.287. The van der Waals surface area contributed by atoms with Crippen LogP contribution in [0.1, 0.15) is 63.9 Å². The quantitative estimate of drug-likeness (QED) is 0.648. The average Bonchev–Trinajstić information content (AvgIpc) is 2.61. The average molecular weight is 331 g/mol. The van der Waals surface area contributed by atoms with Crippen LogP contribution in [0.3, 0.4) is 0 Å². The van der Waals surface area contributed by atoms with Gasteiger partial charge in [0.15, 0.2) is 0 Å². The first-order valence-corrected chi connectivity index (χ1v) is 9.19. The van der Waals surface area contributed by atoms with Crippen molar-refractivity contribution >= 4 is 11.9 Å². The highest BCUT2D eigenvalue weighted by atomic mass is 16.6. The maximum atomic E-state index is 12.4. The molecule has 1 atom stereocenters. The fourth-order valence-electron chi connectivity index (χ4n) is 3.19. The van der Waals surface area contributed by atoms with Crippen molar-refractivity contribution < 1.29 is 14.3 Å². The van der Waals surface area contributed by atoms with Crippen LogP contribution in [0.25, 0.3) is 0 Å². The van der Waals surface area contributed by atoms with Crippen LogP contribution in [0, 0.1) is 0 Å². The molecule has 4 nitrogen and oxygen atoms in total. The first-order chi connectivity index (χ1) is 11.7. The molecule has 132 valence electrons. The van der Waals surface area contributed by atoms with Crippen LogP contribution in [0.4, 0.5) is 4.79 Å². The number of Topliss-reactive ketones (excluding diaryl/α,β-unsaturated/α-hetero) is 1. The number of carbonyl (C=O) groups excluding carboxylic acids is 2. The standard InChI is InChI=1S/C20H29NO3/c1-2-3-5-13-19(22)15-18-12-8-9-14-21(18)20(23)24-16-17-10-6-4-7-11-17/h4,6-7,10-11,18H,2-3,5,8-9,12-16H2,1H3/t18-/m1/s1. The number of rotatable bonds is 8. The summed E-state index contributed by atoms with van der Waals surface area (Å²) in [5.74, 6) is 0.274. The van der Waals surface area contributed by atoms with E-state index in [2.05, 4.69) is 6.92 Å². The molecule has 1 aliphatic heterocycles. The Hall–Kier alpha value is -1.84. The molecule has 24 heavy (non-hydrogen) atoms. The Bertz CT molecular complexity index is 515. The van der Waals surface area contributed by atoms with E-state index in [9.17, 15) is 9.59 Å². The van der Waals surface area contributed by atoms with E-state index >= 15 is 0 Å². The normalized spacial score (nSPS) is 17.5. The van der Waals surface area contributed by atoms with Crippen LogP contribution >= 0.6 is 0 Å². The SMILES string of the molecule is CCCCCC(=O)C[C@H]1CCCCN1C(=O)OCc1ccccc1. The van der Waals surface area contributed by atoms with Gasteiger partial charge in [-0.25, -0.2) is 4.79 Å². The van der Waals surface area contributed by atoms with Crippen molar-refractivity contribution in [3.05, 3.63) is 35.9 Å². The Labute approximate surface area is 145 Å². The predicted octanol–water partition coefficient (Wildman–Crippen LogP) is 4.72. The first kappa shape index (κ1) is 18.5. The fourth-order valence-corrected chi connectivity index (χ4v) is 3.19. The molecular formula is C20H29NO3. The van der Waals surface area contributed by atoms with Crippen LogP contribution < -0.4 is 0 Å². The molecule has 1 fully saturated rings. The summed E-state index contributed by atoms with van der Waals surface area (Å²) in [5, 5.41) is 0. The Balaban J connectivity index is 1.83. The van der Waals surface area contributed by atoms with Gasteiger partial charge in [0.2, 0.25) is 0 Å². The number of hydrogen-bond donors (Lipinski definition) is 0. The summed E-state index contributed by atoms with van der Waals surface area (Å²) >= 11 is 0. The van der Waals surface area contributed by atoms with Crippen molar-refractivity contribution in [3.63, 3.8) is 0 Å². The summed E-state index contributed by atoms with van der Waals surface area (Å²) < 4.78 is 5.45. The molecule has 0 radical (unpaired) electrons.